The molecule has 1 aliphatic carbocycles. The van der Waals surface area contributed by atoms with Crippen LogP contribution in [0.2, 0.25) is 0 Å². The Hall–Kier alpha value is -0.740. The molecule has 0 aliphatic heterocycles. The standard InChI is InChI=1S/C13H13Br/c1-3-10(2)13(8-9-13)11-4-6-12(14)7-5-11/h1,4-7,10H,8-9H2,2H3. The first-order chi connectivity index (χ1) is 6.69. The van der Waals surface area contributed by atoms with Crippen molar-refractivity contribution in [2.45, 2.75) is 25.2 Å². The largest absolute Gasteiger partial charge is 0.120 e. The Morgan fingerprint density at radius 3 is 2.36 bits per heavy atom. The maximum absolute atomic E-state index is 5.51. The van der Waals surface area contributed by atoms with Crippen molar-refractivity contribution >= 4 is 15.9 Å². The molecular weight excluding hydrogens is 236 g/mol. The highest BCUT2D eigenvalue weighted by Crippen LogP contribution is 2.53. The summed E-state index contributed by atoms with van der Waals surface area (Å²) in [4.78, 5) is 0. The molecule has 1 unspecified atom stereocenters. The first kappa shape index (κ1) is 9.80. The van der Waals surface area contributed by atoms with Gasteiger partial charge in [-0.25, -0.2) is 0 Å². The average Bonchev–Trinajstić information content (AvgIpc) is 2.99. The summed E-state index contributed by atoms with van der Waals surface area (Å²) in [6.45, 7) is 2.15. The van der Waals surface area contributed by atoms with E-state index >= 15 is 0 Å². The fourth-order valence-electron chi connectivity index (χ4n) is 2.05. The molecule has 1 fully saturated rings. The zero-order valence-electron chi connectivity index (χ0n) is 8.26. The number of hydrogen-bond acceptors (Lipinski definition) is 0. The molecule has 1 heteroatoms. The molecule has 1 atom stereocenters. The molecule has 0 bridgehead atoms. The first-order valence-corrected chi connectivity index (χ1v) is 5.70. The Kier molecular flexibility index (Phi) is 2.41. The van der Waals surface area contributed by atoms with Gasteiger partial charge < -0.3 is 0 Å². The van der Waals surface area contributed by atoms with E-state index in [2.05, 4.69) is 53.0 Å². The summed E-state index contributed by atoms with van der Waals surface area (Å²) in [6.07, 6.45) is 7.98. The molecule has 0 radical (unpaired) electrons. The number of benzene rings is 1. The molecule has 0 heterocycles. The molecule has 1 saturated carbocycles. The summed E-state index contributed by atoms with van der Waals surface area (Å²) in [5.74, 6) is 3.22. The Labute approximate surface area is 93.8 Å². The van der Waals surface area contributed by atoms with E-state index in [-0.39, 0.29) is 5.41 Å². The summed E-state index contributed by atoms with van der Waals surface area (Å²) >= 11 is 3.45. The maximum atomic E-state index is 5.51. The van der Waals surface area contributed by atoms with Gasteiger partial charge in [-0.15, -0.1) is 12.3 Å². The second-order valence-corrected chi connectivity index (χ2v) is 4.97. The molecule has 14 heavy (non-hydrogen) atoms. The van der Waals surface area contributed by atoms with Crippen molar-refractivity contribution in [3.8, 4) is 12.3 Å². The summed E-state index contributed by atoms with van der Waals surface area (Å²) in [5, 5.41) is 0. The predicted molar refractivity (Wildman–Crippen MR) is 63.1 cm³/mol. The minimum atomic E-state index is 0.287. The van der Waals surface area contributed by atoms with Crippen molar-refractivity contribution in [2.75, 3.05) is 0 Å². The first-order valence-electron chi connectivity index (χ1n) is 4.91. The van der Waals surface area contributed by atoms with E-state index in [0.717, 1.165) is 4.47 Å². The molecule has 0 spiro atoms. The number of hydrogen-bond donors (Lipinski definition) is 0. The van der Waals surface area contributed by atoms with Gasteiger partial charge in [0.15, 0.2) is 0 Å². The lowest BCUT2D eigenvalue weighted by atomic mass is 9.84. The van der Waals surface area contributed by atoms with Crippen LogP contribution in [0.5, 0.6) is 0 Å². The van der Waals surface area contributed by atoms with Gasteiger partial charge >= 0.3 is 0 Å². The molecular formula is C13H13Br. The summed E-state index contributed by atoms with van der Waals surface area (Å²) in [5.41, 5.74) is 1.68. The highest BCUT2D eigenvalue weighted by atomic mass is 79.9. The minimum absolute atomic E-state index is 0.287. The van der Waals surface area contributed by atoms with Crippen molar-refractivity contribution in [2.24, 2.45) is 5.92 Å². The van der Waals surface area contributed by atoms with Gasteiger partial charge in [0.25, 0.3) is 0 Å². The van der Waals surface area contributed by atoms with Gasteiger partial charge in [-0.05, 0) is 30.5 Å². The van der Waals surface area contributed by atoms with Gasteiger partial charge in [0.05, 0.1) is 0 Å². The third kappa shape index (κ3) is 1.48. The van der Waals surface area contributed by atoms with Gasteiger partial charge in [-0.1, -0.05) is 35.0 Å². The molecule has 1 aromatic rings. The molecule has 0 aromatic heterocycles. The fraction of sp³-hybridized carbons (Fsp3) is 0.385. The Bertz CT molecular complexity index is 365. The Morgan fingerprint density at radius 2 is 1.93 bits per heavy atom. The van der Waals surface area contributed by atoms with Gasteiger partial charge in [-0.2, -0.15) is 0 Å². The second-order valence-electron chi connectivity index (χ2n) is 4.05. The third-order valence-electron chi connectivity index (χ3n) is 3.29. The lowest BCUT2D eigenvalue weighted by Gasteiger charge is -2.19. The van der Waals surface area contributed by atoms with E-state index in [1.807, 2.05) is 0 Å². The van der Waals surface area contributed by atoms with Gasteiger partial charge in [0.1, 0.15) is 0 Å². The van der Waals surface area contributed by atoms with Crippen LogP contribution in [-0.2, 0) is 5.41 Å². The highest BCUT2D eigenvalue weighted by molar-refractivity contribution is 9.10. The van der Waals surface area contributed by atoms with Crippen LogP contribution in [0.1, 0.15) is 25.3 Å². The molecule has 0 saturated heterocycles. The van der Waals surface area contributed by atoms with Crippen molar-refractivity contribution in [3.63, 3.8) is 0 Å². The van der Waals surface area contributed by atoms with Crippen molar-refractivity contribution in [1.29, 1.82) is 0 Å². The Balaban J connectivity index is 2.32. The summed E-state index contributed by atoms with van der Waals surface area (Å²) < 4.78 is 1.13. The quantitative estimate of drug-likeness (QED) is 0.700. The highest BCUT2D eigenvalue weighted by Gasteiger charge is 2.47. The van der Waals surface area contributed by atoms with E-state index in [9.17, 15) is 0 Å². The number of rotatable bonds is 2. The molecule has 1 aromatic carbocycles. The van der Waals surface area contributed by atoms with Crippen LogP contribution < -0.4 is 0 Å². The van der Waals surface area contributed by atoms with Gasteiger partial charge in [-0.3, -0.25) is 0 Å². The van der Waals surface area contributed by atoms with Gasteiger partial charge in [0.2, 0.25) is 0 Å². The zero-order valence-corrected chi connectivity index (χ0v) is 9.84. The Morgan fingerprint density at radius 1 is 1.36 bits per heavy atom. The topological polar surface area (TPSA) is 0 Å². The van der Waals surface area contributed by atoms with E-state index in [1.54, 1.807) is 0 Å². The third-order valence-corrected chi connectivity index (χ3v) is 3.82. The fourth-order valence-corrected chi connectivity index (χ4v) is 2.31. The van der Waals surface area contributed by atoms with Crippen molar-refractivity contribution in [1.82, 2.24) is 0 Å². The maximum Gasteiger partial charge on any atom is 0.0268 e. The van der Waals surface area contributed by atoms with Crippen LogP contribution in [-0.4, -0.2) is 0 Å². The smallest absolute Gasteiger partial charge is 0.0268 e. The van der Waals surface area contributed by atoms with E-state index in [1.165, 1.54) is 18.4 Å². The lowest BCUT2D eigenvalue weighted by Crippen LogP contribution is -2.15. The average molecular weight is 249 g/mol. The van der Waals surface area contributed by atoms with E-state index in [4.69, 9.17) is 6.42 Å². The van der Waals surface area contributed by atoms with Crippen molar-refractivity contribution < 1.29 is 0 Å². The van der Waals surface area contributed by atoms with Crippen LogP contribution in [0, 0.1) is 18.3 Å². The molecule has 2 rings (SSSR count). The van der Waals surface area contributed by atoms with E-state index in [0.29, 0.717) is 5.92 Å². The zero-order chi connectivity index (χ0) is 10.2. The van der Waals surface area contributed by atoms with E-state index < -0.39 is 0 Å². The molecule has 72 valence electrons. The second kappa shape index (κ2) is 3.44. The monoisotopic (exact) mass is 248 g/mol. The predicted octanol–water partition coefficient (Wildman–Crippen LogP) is 3.75. The molecule has 0 nitrogen and oxygen atoms in total. The normalized spacial score (nSPS) is 19.8. The summed E-state index contributed by atoms with van der Waals surface area (Å²) in [7, 11) is 0. The van der Waals surface area contributed by atoms with Crippen LogP contribution in [0.3, 0.4) is 0 Å². The molecule has 0 amide bonds. The van der Waals surface area contributed by atoms with Crippen molar-refractivity contribution in [3.05, 3.63) is 34.3 Å². The SMILES string of the molecule is C#CC(C)C1(c2ccc(Br)cc2)CC1. The van der Waals surface area contributed by atoms with Crippen LogP contribution in [0.15, 0.2) is 28.7 Å². The number of terminal acetylenes is 1. The van der Waals surface area contributed by atoms with Crippen LogP contribution >= 0.6 is 15.9 Å². The van der Waals surface area contributed by atoms with Gasteiger partial charge in [0, 0.05) is 15.8 Å². The van der Waals surface area contributed by atoms with Crippen LogP contribution in [0.4, 0.5) is 0 Å². The lowest BCUT2D eigenvalue weighted by molar-refractivity contribution is 0.549. The number of halogens is 1. The molecule has 0 N–H and O–H groups in total. The molecule has 1 aliphatic rings. The summed E-state index contributed by atoms with van der Waals surface area (Å²) in [6, 6.07) is 8.56. The minimum Gasteiger partial charge on any atom is -0.120 e. The van der Waals surface area contributed by atoms with Crippen LogP contribution in [0.25, 0.3) is 0 Å².